The summed E-state index contributed by atoms with van der Waals surface area (Å²) in [5.41, 5.74) is 8.59. The fourth-order valence-electron chi connectivity index (χ4n) is 8.63. The van der Waals surface area contributed by atoms with Crippen LogP contribution in [0.5, 0.6) is 0 Å². The van der Waals surface area contributed by atoms with E-state index in [4.69, 9.17) is 18.3 Å². The molecule has 9 heteroatoms. The van der Waals surface area contributed by atoms with Crippen molar-refractivity contribution in [3.63, 3.8) is 0 Å². The Bertz CT molecular complexity index is 1710. The summed E-state index contributed by atoms with van der Waals surface area (Å²) in [6, 6.07) is 20.7. The lowest BCUT2D eigenvalue weighted by Crippen LogP contribution is -2.46. The van der Waals surface area contributed by atoms with Crippen LogP contribution in [-0.2, 0) is 35.0 Å². The van der Waals surface area contributed by atoms with E-state index in [1.807, 2.05) is 24.3 Å². The third-order valence-corrected chi connectivity index (χ3v) is 12.7. The second-order valence-electron chi connectivity index (χ2n) is 17.7. The minimum atomic E-state index is -0.982. The van der Waals surface area contributed by atoms with Crippen LogP contribution in [0.4, 0.5) is 4.79 Å². The summed E-state index contributed by atoms with van der Waals surface area (Å²) >= 11 is 0. The molecule has 0 aliphatic rings. The number of carbonyl (C=O) groups excluding carboxylic acids is 2. The van der Waals surface area contributed by atoms with Gasteiger partial charge in [-0.1, -0.05) is 122 Å². The van der Waals surface area contributed by atoms with Crippen molar-refractivity contribution in [3.05, 3.63) is 94.0 Å². The SMILES string of the molecule is CCC(CC)(c1ccc(CCC(C(C)(C)C)C(C)(C)C(O[SiH2]C)O[SiH2]C)c(C)c1)c1ccc(-c2ccc(C(NC(=O)OC(C)(C)C)C(=O)OC)cc2)c(C)c1. The number of methoxy groups -OCH3 is 1. The minimum absolute atomic E-state index is 0.0891. The van der Waals surface area contributed by atoms with E-state index in [1.54, 1.807) is 20.8 Å². The highest BCUT2D eigenvalue weighted by atomic mass is 28.2. The van der Waals surface area contributed by atoms with Crippen LogP contribution in [0.1, 0.15) is 128 Å². The van der Waals surface area contributed by atoms with Gasteiger partial charge in [0.05, 0.1) is 7.11 Å². The monoisotopic (exact) mass is 789 g/mol. The first kappa shape index (κ1) is 46.1. The van der Waals surface area contributed by atoms with Crippen molar-refractivity contribution in [1.29, 1.82) is 0 Å². The van der Waals surface area contributed by atoms with E-state index < -0.39 is 43.2 Å². The van der Waals surface area contributed by atoms with E-state index in [0.29, 0.717) is 11.5 Å². The quantitative estimate of drug-likeness (QED) is 0.0833. The Balaban J connectivity index is 1.90. The van der Waals surface area contributed by atoms with Crippen molar-refractivity contribution in [3.8, 4) is 11.1 Å². The highest BCUT2D eigenvalue weighted by Gasteiger charge is 2.44. The van der Waals surface area contributed by atoms with E-state index >= 15 is 0 Å². The summed E-state index contributed by atoms with van der Waals surface area (Å²) in [6.07, 6.45) is 3.27. The van der Waals surface area contributed by atoms with Gasteiger partial charge in [-0.3, -0.25) is 0 Å². The second-order valence-corrected chi connectivity index (χ2v) is 19.5. The summed E-state index contributed by atoms with van der Waals surface area (Å²) in [4.78, 5) is 25.2. The van der Waals surface area contributed by atoms with Gasteiger partial charge in [0.25, 0.3) is 0 Å². The van der Waals surface area contributed by atoms with Crippen LogP contribution in [0, 0.1) is 30.6 Å². The Morgan fingerprint density at radius 2 is 1.31 bits per heavy atom. The van der Waals surface area contributed by atoms with Gasteiger partial charge in [-0.05, 0) is 116 Å². The van der Waals surface area contributed by atoms with E-state index in [9.17, 15) is 9.59 Å². The van der Waals surface area contributed by atoms with Crippen molar-refractivity contribution >= 4 is 31.6 Å². The lowest BCUT2D eigenvalue weighted by Gasteiger charge is -2.47. The van der Waals surface area contributed by atoms with E-state index in [1.165, 1.54) is 34.9 Å². The maximum Gasteiger partial charge on any atom is 0.408 e. The standard InChI is InChI=1S/C46H71NO6Si2/c1-16-46(17-2,35-24-22-32(30(3)28-35)23-27-38(43(5,6)7)45(11,12)41(52-54-14)53-55-15)36-25-26-37(31(4)29-36)33-18-20-34(21-19-33)39(40(48)50-13)47-42(49)51-44(8,9)10/h18-22,24-26,28-29,38-39,41H,16-17,23,27,54-55H2,1-15H3,(H,47,49). The molecule has 3 aromatic rings. The molecule has 3 aromatic carbocycles. The van der Waals surface area contributed by atoms with Crippen molar-refractivity contribution < 1.29 is 27.9 Å². The zero-order chi connectivity index (χ0) is 41.4. The fraction of sp³-hybridized carbons (Fsp3) is 0.565. The van der Waals surface area contributed by atoms with Gasteiger partial charge < -0.3 is 23.6 Å². The molecule has 0 bridgehead atoms. The summed E-state index contributed by atoms with van der Waals surface area (Å²) in [5, 5.41) is 2.66. The lowest BCUT2D eigenvalue weighted by atomic mass is 9.63. The number of esters is 1. The third-order valence-electron chi connectivity index (χ3n) is 11.4. The summed E-state index contributed by atoms with van der Waals surface area (Å²) in [5.74, 6) is -0.136. The van der Waals surface area contributed by atoms with Crippen LogP contribution in [0.15, 0.2) is 60.7 Å². The molecule has 0 spiro atoms. The Hall–Kier alpha value is -3.25. The van der Waals surface area contributed by atoms with Crippen molar-refractivity contribution in [2.45, 2.75) is 145 Å². The Morgan fingerprint density at radius 3 is 1.76 bits per heavy atom. The van der Waals surface area contributed by atoms with E-state index in [0.717, 1.165) is 36.8 Å². The summed E-state index contributed by atoms with van der Waals surface area (Å²) < 4.78 is 23.0. The molecule has 0 fully saturated rings. The van der Waals surface area contributed by atoms with Gasteiger partial charge in [0.2, 0.25) is 0 Å². The summed E-state index contributed by atoms with van der Waals surface area (Å²) in [6.45, 7) is 30.6. The molecule has 0 aliphatic heterocycles. The van der Waals surface area contributed by atoms with Crippen molar-refractivity contribution in [2.75, 3.05) is 7.11 Å². The molecule has 0 saturated carbocycles. The lowest BCUT2D eigenvalue weighted by molar-refractivity contribution is -0.143. The first-order valence-corrected chi connectivity index (χ1v) is 24.3. The van der Waals surface area contributed by atoms with Gasteiger partial charge >= 0.3 is 12.1 Å². The smallest absolute Gasteiger partial charge is 0.408 e. The van der Waals surface area contributed by atoms with Gasteiger partial charge in [0.1, 0.15) is 11.9 Å². The van der Waals surface area contributed by atoms with Gasteiger partial charge in [0.15, 0.2) is 25.6 Å². The first-order chi connectivity index (χ1) is 25.7. The molecule has 0 aromatic heterocycles. The molecule has 0 heterocycles. The molecule has 0 saturated heterocycles. The maximum atomic E-state index is 12.7. The number of nitrogens with one attached hydrogen (secondary N) is 1. The van der Waals surface area contributed by atoms with Crippen LogP contribution >= 0.6 is 0 Å². The number of benzene rings is 3. The number of alkyl carbamates (subject to hydrolysis) is 1. The normalized spacial score (nSPS) is 14.7. The van der Waals surface area contributed by atoms with Crippen LogP contribution in [0.25, 0.3) is 11.1 Å². The highest BCUT2D eigenvalue weighted by Crippen LogP contribution is 2.47. The number of hydrogen-bond acceptors (Lipinski definition) is 6. The Labute approximate surface area is 337 Å². The highest BCUT2D eigenvalue weighted by molar-refractivity contribution is 6.26. The van der Waals surface area contributed by atoms with Gasteiger partial charge in [-0.2, -0.15) is 0 Å². The molecular formula is C46H71NO6Si2. The number of amides is 1. The number of rotatable bonds is 17. The molecule has 7 nitrogen and oxygen atoms in total. The molecule has 1 N–H and O–H groups in total. The molecule has 2 unspecified atom stereocenters. The maximum absolute atomic E-state index is 12.7. The predicted molar refractivity (Wildman–Crippen MR) is 233 cm³/mol. The molecule has 1 amide bonds. The molecule has 55 heavy (non-hydrogen) atoms. The zero-order valence-electron chi connectivity index (χ0n) is 36.7. The zero-order valence-corrected chi connectivity index (χ0v) is 39.5. The van der Waals surface area contributed by atoms with E-state index in [-0.39, 0.29) is 22.5 Å². The third kappa shape index (κ3) is 11.4. The first-order valence-electron chi connectivity index (χ1n) is 20.3. The molecule has 0 radical (unpaired) electrons. The average molecular weight is 790 g/mol. The van der Waals surface area contributed by atoms with Gasteiger partial charge in [0, 0.05) is 10.8 Å². The molecule has 2 atom stereocenters. The molecule has 304 valence electrons. The second kappa shape index (κ2) is 19.3. The van der Waals surface area contributed by atoms with Crippen LogP contribution in [0.2, 0.25) is 13.1 Å². The Kier molecular flexibility index (Phi) is 16.2. The van der Waals surface area contributed by atoms with Crippen LogP contribution in [0.3, 0.4) is 0 Å². The average Bonchev–Trinajstić information content (AvgIpc) is 3.10. The van der Waals surface area contributed by atoms with Crippen LogP contribution < -0.4 is 5.32 Å². The molecule has 3 rings (SSSR count). The van der Waals surface area contributed by atoms with Crippen LogP contribution in [-0.4, -0.2) is 50.6 Å². The number of carbonyl (C=O) groups is 2. The number of aryl methyl sites for hydroxylation is 3. The molecule has 0 aliphatic carbocycles. The molecular weight excluding hydrogens is 719 g/mol. The Morgan fingerprint density at radius 1 is 0.764 bits per heavy atom. The van der Waals surface area contributed by atoms with Crippen molar-refractivity contribution in [1.82, 2.24) is 5.32 Å². The van der Waals surface area contributed by atoms with Gasteiger partial charge in [-0.15, -0.1) is 0 Å². The number of ether oxygens (including phenoxy) is 2. The van der Waals surface area contributed by atoms with Gasteiger partial charge in [-0.25, -0.2) is 9.59 Å². The minimum Gasteiger partial charge on any atom is -0.467 e. The predicted octanol–water partition coefficient (Wildman–Crippen LogP) is 10.1. The number of hydrogen-bond donors (Lipinski definition) is 1. The van der Waals surface area contributed by atoms with E-state index in [2.05, 4.69) is 117 Å². The largest absolute Gasteiger partial charge is 0.467 e. The summed E-state index contributed by atoms with van der Waals surface area (Å²) in [7, 11) is 0.126. The van der Waals surface area contributed by atoms with Crippen molar-refractivity contribution in [2.24, 2.45) is 16.7 Å². The fourth-order valence-corrected chi connectivity index (χ4v) is 10.5. The topological polar surface area (TPSA) is 83.1 Å².